The van der Waals surface area contributed by atoms with Gasteiger partial charge in [0, 0.05) is 30.8 Å². The molecule has 0 aromatic heterocycles. The number of amides is 1. The minimum atomic E-state index is -0.685. The fourth-order valence-corrected chi connectivity index (χ4v) is 3.47. The van der Waals surface area contributed by atoms with E-state index in [1.165, 1.54) is 4.90 Å². The smallest absolute Gasteiger partial charge is 0.295 e. The van der Waals surface area contributed by atoms with E-state index in [4.69, 9.17) is 16.3 Å². The van der Waals surface area contributed by atoms with Gasteiger partial charge in [0.25, 0.3) is 11.7 Å². The summed E-state index contributed by atoms with van der Waals surface area (Å²) in [5.74, 6) is -1.50. The number of benzene rings is 2. The Hall–Kier alpha value is -2.63. The Kier molecular flexibility index (Phi) is 6.17. The predicted octanol–water partition coefficient (Wildman–Crippen LogP) is 4.11. The number of ketones is 1. The maximum Gasteiger partial charge on any atom is 0.295 e. The van der Waals surface area contributed by atoms with Gasteiger partial charge in [-0.1, -0.05) is 41.4 Å². The summed E-state index contributed by atoms with van der Waals surface area (Å²) in [5, 5.41) is 11.4. The number of nitrogens with zero attached hydrogens (tertiary/aromatic N) is 1. The van der Waals surface area contributed by atoms with Crippen LogP contribution in [0, 0.1) is 6.92 Å². The van der Waals surface area contributed by atoms with Crippen molar-refractivity contribution in [2.75, 3.05) is 20.3 Å². The Balaban J connectivity index is 2.10. The van der Waals surface area contributed by atoms with Gasteiger partial charge in [-0.2, -0.15) is 0 Å². The summed E-state index contributed by atoms with van der Waals surface area (Å²) in [6, 6.07) is 13.5. The molecule has 0 bridgehead atoms. The molecule has 3 rings (SSSR count). The van der Waals surface area contributed by atoms with E-state index in [2.05, 4.69) is 0 Å². The van der Waals surface area contributed by atoms with Gasteiger partial charge in [-0.15, -0.1) is 0 Å². The second-order valence-corrected chi connectivity index (χ2v) is 7.19. The normalized spacial score (nSPS) is 18.7. The Morgan fingerprint density at radius 3 is 2.36 bits per heavy atom. The van der Waals surface area contributed by atoms with E-state index in [0.29, 0.717) is 30.2 Å². The highest BCUT2D eigenvalue weighted by molar-refractivity contribution is 6.46. The van der Waals surface area contributed by atoms with Crippen LogP contribution in [0.25, 0.3) is 5.76 Å². The SMILES string of the molecule is COCCCN1C(=O)C(=O)/C(=C(/O)c2ccc(Cl)cc2)[C@@H]1c1ccc(C)cc1. The van der Waals surface area contributed by atoms with E-state index in [9.17, 15) is 14.7 Å². The number of hydrogen-bond acceptors (Lipinski definition) is 4. The standard InChI is InChI=1S/C22H22ClNO4/c1-14-4-6-15(7-5-14)19-18(20(25)16-8-10-17(23)11-9-16)21(26)22(27)24(19)12-3-13-28-2/h4-11,19,25H,3,12-13H2,1-2H3/b20-18+/t19-/m0/s1. The molecule has 1 aliphatic rings. The molecule has 1 heterocycles. The minimum absolute atomic E-state index is 0.0913. The van der Waals surface area contributed by atoms with E-state index < -0.39 is 17.7 Å². The van der Waals surface area contributed by atoms with Gasteiger partial charge in [0.15, 0.2) is 0 Å². The summed E-state index contributed by atoms with van der Waals surface area (Å²) in [7, 11) is 1.59. The van der Waals surface area contributed by atoms with Crippen molar-refractivity contribution in [3.05, 3.63) is 75.8 Å². The van der Waals surface area contributed by atoms with Gasteiger partial charge in [-0.25, -0.2) is 0 Å². The van der Waals surface area contributed by atoms with Crippen molar-refractivity contribution in [3.8, 4) is 0 Å². The number of hydrogen-bond donors (Lipinski definition) is 1. The molecule has 0 radical (unpaired) electrons. The molecule has 28 heavy (non-hydrogen) atoms. The van der Waals surface area contributed by atoms with Crippen LogP contribution in [0.4, 0.5) is 0 Å². The molecule has 2 aromatic carbocycles. The molecule has 1 fully saturated rings. The highest BCUT2D eigenvalue weighted by atomic mass is 35.5. The molecule has 6 heteroatoms. The molecule has 0 aliphatic carbocycles. The number of likely N-dealkylation sites (tertiary alicyclic amines) is 1. The zero-order chi connectivity index (χ0) is 20.3. The molecule has 1 aliphatic heterocycles. The molecule has 146 valence electrons. The van der Waals surface area contributed by atoms with Crippen LogP contribution in [-0.2, 0) is 14.3 Å². The monoisotopic (exact) mass is 399 g/mol. The lowest BCUT2D eigenvalue weighted by molar-refractivity contribution is -0.140. The zero-order valence-electron chi connectivity index (χ0n) is 15.8. The molecule has 0 saturated carbocycles. The first-order valence-corrected chi connectivity index (χ1v) is 9.41. The molecule has 5 nitrogen and oxygen atoms in total. The second-order valence-electron chi connectivity index (χ2n) is 6.76. The van der Waals surface area contributed by atoms with E-state index in [1.807, 2.05) is 31.2 Å². The number of aliphatic hydroxyl groups excluding tert-OH is 1. The van der Waals surface area contributed by atoms with Crippen molar-refractivity contribution >= 4 is 29.1 Å². The number of carbonyl (C=O) groups is 2. The maximum atomic E-state index is 12.8. The quantitative estimate of drug-likeness (QED) is 0.343. The van der Waals surface area contributed by atoms with Gasteiger partial charge in [0.1, 0.15) is 5.76 Å². The number of ether oxygens (including phenoxy) is 1. The Morgan fingerprint density at radius 2 is 1.75 bits per heavy atom. The lowest BCUT2D eigenvalue weighted by Crippen LogP contribution is -2.31. The number of methoxy groups -OCH3 is 1. The van der Waals surface area contributed by atoms with Crippen LogP contribution in [0.1, 0.15) is 29.2 Å². The lowest BCUT2D eigenvalue weighted by atomic mass is 9.94. The van der Waals surface area contributed by atoms with Crippen molar-refractivity contribution < 1.29 is 19.4 Å². The molecule has 1 saturated heterocycles. The third-order valence-electron chi connectivity index (χ3n) is 4.80. The van der Waals surface area contributed by atoms with Crippen LogP contribution < -0.4 is 0 Å². The van der Waals surface area contributed by atoms with Crippen molar-refractivity contribution in [1.29, 1.82) is 0 Å². The van der Waals surface area contributed by atoms with Crippen molar-refractivity contribution in [2.24, 2.45) is 0 Å². The molecule has 0 unspecified atom stereocenters. The summed E-state index contributed by atoms with van der Waals surface area (Å²) in [6.07, 6.45) is 0.590. The number of aliphatic hydroxyl groups is 1. The number of carbonyl (C=O) groups excluding carboxylic acids is 2. The van der Waals surface area contributed by atoms with Crippen LogP contribution in [0.15, 0.2) is 54.1 Å². The molecule has 2 aromatic rings. The first kappa shape index (κ1) is 20.1. The first-order chi connectivity index (χ1) is 13.4. The first-order valence-electron chi connectivity index (χ1n) is 9.04. The number of halogens is 1. The summed E-state index contributed by atoms with van der Waals surface area (Å²) in [4.78, 5) is 27.0. The summed E-state index contributed by atoms with van der Waals surface area (Å²) >= 11 is 5.92. The lowest BCUT2D eigenvalue weighted by Gasteiger charge is -2.25. The van der Waals surface area contributed by atoms with Gasteiger partial charge >= 0.3 is 0 Å². The summed E-state index contributed by atoms with van der Waals surface area (Å²) in [6.45, 7) is 2.79. The Labute approximate surface area is 169 Å². The molecule has 1 atom stereocenters. The molecule has 1 N–H and O–H groups in total. The summed E-state index contributed by atoms with van der Waals surface area (Å²) in [5.41, 5.74) is 2.38. The number of aryl methyl sites for hydroxylation is 1. The van der Waals surface area contributed by atoms with Crippen LogP contribution in [0.5, 0.6) is 0 Å². The summed E-state index contributed by atoms with van der Waals surface area (Å²) < 4.78 is 5.08. The van der Waals surface area contributed by atoms with Gasteiger partial charge < -0.3 is 14.7 Å². The van der Waals surface area contributed by atoms with E-state index in [0.717, 1.165) is 11.1 Å². The molecule has 0 spiro atoms. The Morgan fingerprint density at radius 1 is 1.11 bits per heavy atom. The maximum absolute atomic E-state index is 12.8. The van der Waals surface area contributed by atoms with E-state index in [-0.39, 0.29) is 11.3 Å². The van der Waals surface area contributed by atoms with Gasteiger partial charge in [-0.05, 0) is 43.2 Å². The van der Waals surface area contributed by atoms with Crippen LogP contribution in [-0.4, -0.2) is 42.0 Å². The largest absolute Gasteiger partial charge is 0.507 e. The highest BCUT2D eigenvalue weighted by Crippen LogP contribution is 2.39. The average Bonchev–Trinajstić information content (AvgIpc) is 2.94. The van der Waals surface area contributed by atoms with Crippen molar-refractivity contribution in [1.82, 2.24) is 4.90 Å². The third kappa shape index (κ3) is 3.96. The minimum Gasteiger partial charge on any atom is -0.507 e. The Bertz CT molecular complexity index is 903. The average molecular weight is 400 g/mol. The van der Waals surface area contributed by atoms with E-state index >= 15 is 0 Å². The van der Waals surface area contributed by atoms with Crippen LogP contribution in [0.2, 0.25) is 5.02 Å². The third-order valence-corrected chi connectivity index (χ3v) is 5.05. The van der Waals surface area contributed by atoms with Gasteiger partial charge in [0.2, 0.25) is 0 Å². The van der Waals surface area contributed by atoms with Crippen molar-refractivity contribution in [3.63, 3.8) is 0 Å². The predicted molar refractivity (Wildman–Crippen MR) is 108 cm³/mol. The van der Waals surface area contributed by atoms with Crippen LogP contribution in [0.3, 0.4) is 0 Å². The fraction of sp³-hybridized carbons (Fsp3) is 0.273. The fourth-order valence-electron chi connectivity index (χ4n) is 3.35. The van der Waals surface area contributed by atoms with Crippen LogP contribution >= 0.6 is 11.6 Å². The highest BCUT2D eigenvalue weighted by Gasteiger charge is 2.45. The number of Topliss-reactive ketones (excluding diaryl/α,β-unsaturated/α-hetero) is 1. The number of rotatable bonds is 6. The van der Waals surface area contributed by atoms with Gasteiger partial charge in [0.05, 0.1) is 11.6 Å². The van der Waals surface area contributed by atoms with Gasteiger partial charge in [-0.3, -0.25) is 9.59 Å². The molecular formula is C22H22ClNO4. The van der Waals surface area contributed by atoms with Crippen molar-refractivity contribution in [2.45, 2.75) is 19.4 Å². The molecule has 1 amide bonds. The second kappa shape index (κ2) is 8.59. The topological polar surface area (TPSA) is 66.8 Å². The zero-order valence-corrected chi connectivity index (χ0v) is 16.6. The molecular weight excluding hydrogens is 378 g/mol. The van der Waals surface area contributed by atoms with E-state index in [1.54, 1.807) is 31.4 Å².